The van der Waals surface area contributed by atoms with E-state index in [-0.39, 0.29) is 6.04 Å². The second-order valence-electron chi connectivity index (χ2n) is 2.88. The summed E-state index contributed by atoms with van der Waals surface area (Å²) in [5.74, 6) is 1.55. The number of hydrogen-bond donors (Lipinski definition) is 1. The molecule has 0 aliphatic carbocycles. The average Bonchev–Trinajstić information content (AvgIpc) is 2.27. The van der Waals surface area contributed by atoms with E-state index in [4.69, 9.17) is 15.2 Å². The van der Waals surface area contributed by atoms with E-state index in [0.717, 1.165) is 22.4 Å². The van der Waals surface area contributed by atoms with Crippen molar-refractivity contribution in [1.29, 1.82) is 0 Å². The summed E-state index contributed by atoms with van der Waals surface area (Å²) in [6.07, 6.45) is 0. The Balaban J connectivity index is 3.04. The molecular weight excluding hydrogens is 245 g/mol. The van der Waals surface area contributed by atoms with Crippen LogP contribution in [0.15, 0.2) is 18.2 Å². The van der Waals surface area contributed by atoms with Crippen LogP contribution in [0.3, 0.4) is 0 Å². The minimum atomic E-state index is -0.0316. The van der Waals surface area contributed by atoms with Crippen molar-refractivity contribution in [2.24, 2.45) is 5.73 Å². The van der Waals surface area contributed by atoms with Gasteiger partial charge in [0.05, 0.1) is 0 Å². The van der Waals surface area contributed by atoms with Gasteiger partial charge >= 0.3 is 92.1 Å². The van der Waals surface area contributed by atoms with Gasteiger partial charge in [-0.05, 0) is 0 Å². The van der Waals surface area contributed by atoms with Crippen LogP contribution in [0.2, 0.25) is 5.32 Å². The predicted molar refractivity (Wildman–Crippen MR) is 57.0 cm³/mol. The topological polar surface area (TPSA) is 44.5 Å². The molecular formula is C10H14NO2Se. The molecule has 0 saturated carbocycles. The van der Waals surface area contributed by atoms with Crippen LogP contribution in [0.25, 0.3) is 0 Å². The third-order valence-electron chi connectivity index (χ3n) is 2.02. The first-order chi connectivity index (χ1) is 6.72. The van der Waals surface area contributed by atoms with Gasteiger partial charge in [-0.3, -0.25) is 0 Å². The normalized spacial score (nSPS) is 12.3. The summed E-state index contributed by atoms with van der Waals surface area (Å²) in [5, 5.41) is 0.767. The molecule has 0 amide bonds. The van der Waals surface area contributed by atoms with Crippen molar-refractivity contribution in [3.63, 3.8) is 0 Å². The molecule has 14 heavy (non-hydrogen) atoms. The summed E-state index contributed by atoms with van der Waals surface area (Å²) in [5.41, 5.74) is 6.90. The van der Waals surface area contributed by atoms with E-state index in [2.05, 4.69) is 16.0 Å². The Morgan fingerprint density at radius 1 is 1.36 bits per heavy atom. The molecule has 0 aromatic heterocycles. The van der Waals surface area contributed by atoms with Crippen molar-refractivity contribution < 1.29 is 9.47 Å². The van der Waals surface area contributed by atoms with Gasteiger partial charge in [0, 0.05) is 0 Å². The first-order valence-electron chi connectivity index (χ1n) is 4.28. The number of benzene rings is 1. The molecule has 1 radical (unpaired) electrons. The van der Waals surface area contributed by atoms with Gasteiger partial charge in [-0.15, -0.1) is 0 Å². The molecule has 0 bridgehead atoms. The first kappa shape index (κ1) is 11.4. The fourth-order valence-electron chi connectivity index (χ4n) is 1.21. The van der Waals surface area contributed by atoms with Crippen LogP contribution in [0.5, 0.6) is 11.5 Å². The van der Waals surface area contributed by atoms with Gasteiger partial charge in [-0.25, -0.2) is 0 Å². The SMILES string of the molecule is COc1ccc(C(N)C[Se])c(OC)c1. The number of nitrogens with two attached hydrogens (primary N) is 1. The molecule has 0 aliphatic heterocycles. The zero-order valence-corrected chi connectivity index (χ0v) is 10.0. The Morgan fingerprint density at radius 3 is 2.57 bits per heavy atom. The van der Waals surface area contributed by atoms with Crippen LogP contribution in [0, 0.1) is 0 Å². The molecule has 0 aliphatic rings. The molecule has 0 spiro atoms. The van der Waals surface area contributed by atoms with Gasteiger partial charge in [-0.2, -0.15) is 0 Å². The van der Waals surface area contributed by atoms with Gasteiger partial charge in [-0.1, -0.05) is 0 Å². The summed E-state index contributed by atoms with van der Waals surface area (Å²) in [7, 11) is 3.26. The Bertz CT molecular complexity index is 304. The standard InChI is InChI=1S/C10H14NO2Se/c1-12-7-3-4-8(9(11)6-14)10(5-7)13-2/h3-5,9H,6,11H2,1-2H3. The second-order valence-corrected chi connectivity index (χ2v) is 3.58. The van der Waals surface area contributed by atoms with Gasteiger partial charge in [0.25, 0.3) is 0 Å². The van der Waals surface area contributed by atoms with E-state index in [0.29, 0.717) is 0 Å². The number of ether oxygens (including phenoxy) is 2. The summed E-state index contributed by atoms with van der Waals surface area (Å²) in [6, 6.07) is 5.62. The zero-order valence-electron chi connectivity index (χ0n) is 8.32. The molecule has 2 N–H and O–H groups in total. The zero-order chi connectivity index (χ0) is 10.6. The Hall–Kier alpha value is -0.701. The van der Waals surface area contributed by atoms with E-state index in [1.807, 2.05) is 18.2 Å². The second kappa shape index (κ2) is 5.25. The molecule has 0 fully saturated rings. The van der Waals surface area contributed by atoms with Crippen molar-refractivity contribution in [2.45, 2.75) is 11.4 Å². The molecule has 0 heterocycles. The number of methoxy groups -OCH3 is 2. The van der Waals surface area contributed by atoms with Crippen LogP contribution in [0.1, 0.15) is 11.6 Å². The molecule has 1 aromatic rings. The minimum absolute atomic E-state index is 0.0316. The molecule has 3 nitrogen and oxygen atoms in total. The molecule has 1 aromatic carbocycles. The molecule has 4 heteroatoms. The fourth-order valence-corrected chi connectivity index (χ4v) is 1.59. The summed E-state index contributed by atoms with van der Waals surface area (Å²) < 4.78 is 10.3. The average molecular weight is 259 g/mol. The van der Waals surface area contributed by atoms with Crippen molar-refractivity contribution in [1.82, 2.24) is 0 Å². The number of rotatable bonds is 4. The van der Waals surface area contributed by atoms with E-state index < -0.39 is 0 Å². The van der Waals surface area contributed by atoms with Crippen molar-refractivity contribution in [3.8, 4) is 11.5 Å². The quantitative estimate of drug-likeness (QED) is 0.829. The summed E-state index contributed by atoms with van der Waals surface area (Å²) in [4.78, 5) is 0. The summed E-state index contributed by atoms with van der Waals surface area (Å²) in [6.45, 7) is 0. The van der Waals surface area contributed by atoms with E-state index in [9.17, 15) is 0 Å². The van der Waals surface area contributed by atoms with E-state index >= 15 is 0 Å². The molecule has 1 unspecified atom stereocenters. The fraction of sp³-hybridized carbons (Fsp3) is 0.400. The van der Waals surface area contributed by atoms with Gasteiger partial charge in [0.15, 0.2) is 0 Å². The first-order valence-corrected chi connectivity index (χ1v) is 5.49. The Morgan fingerprint density at radius 2 is 2.07 bits per heavy atom. The Labute approximate surface area is 92.4 Å². The van der Waals surface area contributed by atoms with Crippen molar-refractivity contribution >= 4 is 16.0 Å². The van der Waals surface area contributed by atoms with E-state index in [1.165, 1.54) is 0 Å². The maximum atomic E-state index is 5.91. The monoisotopic (exact) mass is 260 g/mol. The van der Waals surface area contributed by atoms with Gasteiger partial charge in [0.2, 0.25) is 0 Å². The molecule has 1 atom stereocenters. The van der Waals surface area contributed by atoms with Crippen LogP contribution >= 0.6 is 0 Å². The molecule has 1 rings (SSSR count). The van der Waals surface area contributed by atoms with Crippen LogP contribution in [0.4, 0.5) is 0 Å². The molecule has 0 saturated heterocycles. The molecule has 77 valence electrons. The van der Waals surface area contributed by atoms with E-state index in [1.54, 1.807) is 14.2 Å². The van der Waals surface area contributed by atoms with Crippen molar-refractivity contribution in [3.05, 3.63) is 23.8 Å². The third kappa shape index (κ3) is 2.41. The Kier molecular flexibility index (Phi) is 4.26. The van der Waals surface area contributed by atoms with Crippen molar-refractivity contribution in [2.75, 3.05) is 14.2 Å². The van der Waals surface area contributed by atoms with Gasteiger partial charge < -0.3 is 0 Å². The summed E-state index contributed by atoms with van der Waals surface area (Å²) >= 11 is 2.91. The third-order valence-corrected chi connectivity index (χ3v) is 2.77. The van der Waals surface area contributed by atoms with Crippen LogP contribution < -0.4 is 15.2 Å². The van der Waals surface area contributed by atoms with Gasteiger partial charge in [0.1, 0.15) is 0 Å². The predicted octanol–water partition coefficient (Wildman–Crippen LogP) is 1.29. The van der Waals surface area contributed by atoms with Crippen LogP contribution in [-0.4, -0.2) is 30.2 Å². The maximum absolute atomic E-state index is 5.91. The number of hydrogen-bond acceptors (Lipinski definition) is 3. The van der Waals surface area contributed by atoms with Crippen LogP contribution in [-0.2, 0) is 0 Å².